The van der Waals surface area contributed by atoms with Gasteiger partial charge in [-0.05, 0) is 0 Å². The lowest BCUT2D eigenvalue weighted by Gasteiger charge is -1.91. The summed E-state index contributed by atoms with van der Waals surface area (Å²) < 4.78 is 8.18. The molecule has 0 aromatic carbocycles. The summed E-state index contributed by atoms with van der Waals surface area (Å²) in [6.07, 6.45) is 11.6. The predicted octanol–water partition coefficient (Wildman–Crippen LogP) is -2.55. The summed E-state index contributed by atoms with van der Waals surface area (Å²) in [5.74, 6) is -0.0313. The first-order valence-corrected chi connectivity index (χ1v) is 6.71. The summed E-state index contributed by atoms with van der Waals surface area (Å²) >= 11 is 0. The number of hydrogen-bond acceptors (Lipinski definition) is 3. The van der Waals surface area contributed by atoms with E-state index >= 15 is 0 Å². The second-order valence-corrected chi connectivity index (χ2v) is 5.00. The standard InChI is InChI=1S/C7H11N2O2.C7H11N2O.CH4/c1-8-3-4-9(6-8)5-7(10)11-2;1-7(10)5-9-4-3-8(2)6-9;/h3-4,6H,5H2,1-2H3;3-4,6H,5H2,1-2H3;1H4/q2*+1;/p+2. The molecular weight excluding hydrogens is 284 g/mol. The smallest absolute Gasteiger partial charge is 0.372 e. The molecule has 2 aliphatic rings. The number of Topliss-reactive ketones (excluding diaryl/α,β-unsaturated/α-hetero) is 1. The zero-order valence-corrected chi connectivity index (χ0v) is 13.0. The number of carbonyl (C=O) groups excluding carboxylic acids is 2. The van der Waals surface area contributed by atoms with Crippen LogP contribution in [0.3, 0.4) is 0 Å². The SMILES string of the molecule is C.CC(=O)C[N+]1=C[NH+](C)C=C1.COC(=O)C[N+]1=C[NH+](C)C=C1. The Labute approximate surface area is 132 Å². The van der Waals surface area contributed by atoms with Crippen molar-refractivity contribution in [2.75, 3.05) is 34.3 Å². The number of esters is 1. The molecule has 122 valence electrons. The second kappa shape index (κ2) is 9.75. The molecule has 2 aliphatic heterocycles. The molecule has 0 radical (unpaired) electrons. The van der Waals surface area contributed by atoms with Crippen LogP contribution in [0.2, 0.25) is 0 Å². The Balaban J connectivity index is 0.000000385. The Kier molecular flexibility index (Phi) is 8.81. The van der Waals surface area contributed by atoms with E-state index in [0.717, 1.165) is 4.90 Å². The monoisotopic (exact) mass is 312 g/mol. The van der Waals surface area contributed by atoms with Gasteiger partial charge >= 0.3 is 18.6 Å². The summed E-state index contributed by atoms with van der Waals surface area (Å²) in [5, 5.41) is 0. The van der Waals surface area contributed by atoms with E-state index in [1.165, 1.54) is 12.0 Å². The van der Waals surface area contributed by atoms with Gasteiger partial charge in [0, 0.05) is 6.92 Å². The van der Waals surface area contributed by atoms with E-state index in [1.807, 2.05) is 56.1 Å². The number of quaternary nitrogens is 2. The van der Waals surface area contributed by atoms with Crippen molar-refractivity contribution in [1.82, 2.24) is 0 Å². The van der Waals surface area contributed by atoms with E-state index in [4.69, 9.17) is 0 Å². The zero-order valence-electron chi connectivity index (χ0n) is 13.0. The lowest BCUT2D eigenvalue weighted by atomic mass is 10.4. The van der Waals surface area contributed by atoms with Crippen molar-refractivity contribution in [3.63, 3.8) is 0 Å². The Morgan fingerprint density at radius 1 is 1.00 bits per heavy atom. The minimum absolute atomic E-state index is 0. The third kappa shape index (κ3) is 7.61. The second-order valence-electron chi connectivity index (χ2n) is 5.00. The summed E-state index contributed by atoms with van der Waals surface area (Å²) in [5.41, 5.74) is 0. The molecule has 2 unspecified atom stereocenters. The lowest BCUT2D eigenvalue weighted by Crippen LogP contribution is -3.02. The molecule has 2 rings (SSSR count). The van der Waals surface area contributed by atoms with Crippen molar-refractivity contribution >= 4 is 24.4 Å². The van der Waals surface area contributed by atoms with E-state index in [0.29, 0.717) is 13.1 Å². The summed E-state index contributed by atoms with van der Waals surface area (Å²) in [6, 6.07) is 0. The Hall–Kier alpha value is -2.12. The molecule has 0 fully saturated rings. The minimum atomic E-state index is -0.222. The Morgan fingerprint density at radius 2 is 1.45 bits per heavy atom. The number of ketones is 1. The molecule has 0 spiro atoms. The molecule has 0 aromatic heterocycles. The van der Waals surface area contributed by atoms with Gasteiger partial charge in [0.1, 0.15) is 0 Å². The number of ether oxygens (including phenoxy) is 1. The molecule has 0 saturated carbocycles. The van der Waals surface area contributed by atoms with Crippen LogP contribution >= 0.6 is 0 Å². The summed E-state index contributed by atoms with van der Waals surface area (Å²) in [7, 11) is 5.38. The molecular formula is C15H28N4O3+4. The van der Waals surface area contributed by atoms with Gasteiger partial charge in [0.15, 0.2) is 18.2 Å². The highest BCUT2D eigenvalue weighted by Gasteiger charge is 2.17. The molecule has 7 nitrogen and oxygen atoms in total. The fourth-order valence-corrected chi connectivity index (χ4v) is 1.79. The van der Waals surface area contributed by atoms with Crippen molar-refractivity contribution < 1.29 is 33.3 Å². The highest BCUT2D eigenvalue weighted by Crippen LogP contribution is 1.81. The van der Waals surface area contributed by atoms with Crippen molar-refractivity contribution in [3.05, 3.63) is 24.8 Å². The van der Waals surface area contributed by atoms with Gasteiger partial charge in [-0.25, -0.2) is 14.6 Å². The van der Waals surface area contributed by atoms with Crippen LogP contribution in [0, 0.1) is 0 Å². The van der Waals surface area contributed by atoms with Crippen LogP contribution in [0.4, 0.5) is 0 Å². The maximum absolute atomic E-state index is 10.7. The van der Waals surface area contributed by atoms with E-state index < -0.39 is 0 Å². The quantitative estimate of drug-likeness (QED) is 0.444. The van der Waals surface area contributed by atoms with Gasteiger partial charge in [0.2, 0.25) is 25.5 Å². The maximum atomic E-state index is 10.7. The topological polar surface area (TPSA) is 58.3 Å². The van der Waals surface area contributed by atoms with Gasteiger partial charge in [-0.3, -0.25) is 4.79 Å². The number of rotatable bonds is 4. The molecule has 2 heterocycles. The van der Waals surface area contributed by atoms with E-state index in [2.05, 4.69) is 4.74 Å². The van der Waals surface area contributed by atoms with Crippen LogP contribution in [0.5, 0.6) is 0 Å². The molecule has 2 N–H and O–H groups in total. The molecule has 0 amide bonds. The van der Waals surface area contributed by atoms with E-state index in [-0.39, 0.29) is 19.2 Å². The third-order valence-electron chi connectivity index (χ3n) is 2.74. The van der Waals surface area contributed by atoms with Crippen molar-refractivity contribution in [1.29, 1.82) is 0 Å². The fourth-order valence-electron chi connectivity index (χ4n) is 1.79. The van der Waals surface area contributed by atoms with Crippen LogP contribution in [-0.4, -0.2) is 67.9 Å². The molecule has 0 aromatic rings. The molecule has 2 atom stereocenters. The Morgan fingerprint density at radius 3 is 1.77 bits per heavy atom. The number of methoxy groups -OCH3 is 1. The van der Waals surface area contributed by atoms with Crippen LogP contribution in [0.1, 0.15) is 14.4 Å². The minimum Gasteiger partial charge on any atom is -0.464 e. The van der Waals surface area contributed by atoms with Crippen LogP contribution in [0.15, 0.2) is 24.8 Å². The van der Waals surface area contributed by atoms with E-state index in [1.54, 1.807) is 11.5 Å². The fraction of sp³-hybridized carbons (Fsp3) is 0.467. The normalized spacial score (nSPS) is 21.3. The van der Waals surface area contributed by atoms with Gasteiger partial charge in [-0.2, -0.15) is 0 Å². The number of nitrogens with zero attached hydrogens (tertiary/aromatic N) is 2. The third-order valence-corrected chi connectivity index (χ3v) is 2.74. The summed E-state index contributed by atoms with van der Waals surface area (Å²) in [4.78, 5) is 23.7. The molecule has 0 bridgehead atoms. The van der Waals surface area contributed by atoms with Gasteiger partial charge in [-0.15, -0.1) is 9.15 Å². The predicted molar refractivity (Wildman–Crippen MR) is 83.9 cm³/mol. The highest BCUT2D eigenvalue weighted by atomic mass is 16.5. The first-order valence-electron chi connectivity index (χ1n) is 6.71. The first kappa shape index (κ1) is 19.9. The molecule has 22 heavy (non-hydrogen) atoms. The molecule has 7 heteroatoms. The molecule has 0 aliphatic carbocycles. The maximum Gasteiger partial charge on any atom is 0.372 e. The highest BCUT2D eigenvalue weighted by molar-refractivity contribution is 5.76. The van der Waals surface area contributed by atoms with Gasteiger partial charge in [0.25, 0.3) is 0 Å². The average Bonchev–Trinajstić information content (AvgIpc) is 2.98. The van der Waals surface area contributed by atoms with Crippen LogP contribution < -0.4 is 9.80 Å². The van der Waals surface area contributed by atoms with Gasteiger partial charge in [-0.1, -0.05) is 7.43 Å². The number of hydrogen-bond donors (Lipinski definition) is 2. The van der Waals surface area contributed by atoms with Crippen molar-refractivity contribution in [3.8, 4) is 0 Å². The van der Waals surface area contributed by atoms with Crippen LogP contribution in [-0.2, 0) is 14.3 Å². The van der Waals surface area contributed by atoms with Crippen molar-refractivity contribution in [2.24, 2.45) is 0 Å². The van der Waals surface area contributed by atoms with Crippen molar-refractivity contribution in [2.45, 2.75) is 14.4 Å². The zero-order chi connectivity index (χ0) is 15.8. The van der Waals surface area contributed by atoms with Crippen LogP contribution in [0.25, 0.3) is 0 Å². The number of nitrogens with one attached hydrogen (secondary N) is 2. The lowest BCUT2D eigenvalue weighted by molar-refractivity contribution is -0.724. The Bertz CT molecular complexity index is 521. The van der Waals surface area contributed by atoms with Gasteiger partial charge < -0.3 is 4.74 Å². The van der Waals surface area contributed by atoms with Gasteiger partial charge in [0.05, 0.1) is 21.2 Å². The molecule has 0 saturated heterocycles. The average molecular weight is 312 g/mol. The largest absolute Gasteiger partial charge is 0.464 e. The van der Waals surface area contributed by atoms with E-state index in [9.17, 15) is 9.59 Å². The first-order chi connectivity index (χ1) is 9.90. The summed E-state index contributed by atoms with van der Waals surface area (Å²) in [6.45, 7) is 2.38. The number of carbonyl (C=O) groups is 2.